The zero-order valence-electron chi connectivity index (χ0n) is 15.6. The molecule has 3 nitrogen and oxygen atoms in total. The topological polar surface area (TPSA) is 36.1 Å². The van der Waals surface area contributed by atoms with Crippen molar-refractivity contribution >= 4 is 16.8 Å². The lowest BCUT2D eigenvalue weighted by Crippen LogP contribution is -2.42. The van der Waals surface area contributed by atoms with E-state index in [9.17, 15) is 4.79 Å². The molecule has 2 heterocycles. The lowest BCUT2D eigenvalue weighted by molar-refractivity contribution is -0.137. The minimum absolute atomic E-state index is 0.308. The van der Waals surface area contributed by atoms with Crippen LogP contribution in [0.1, 0.15) is 67.7 Å². The van der Waals surface area contributed by atoms with Crippen LogP contribution in [0.15, 0.2) is 18.2 Å². The molecule has 1 aromatic carbocycles. The third kappa shape index (κ3) is 3.21. The summed E-state index contributed by atoms with van der Waals surface area (Å²) in [5.41, 5.74) is 5.36. The summed E-state index contributed by atoms with van der Waals surface area (Å²) in [4.78, 5) is 18.6. The van der Waals surface area contributed by atoms with Gasteiger partial charge in [0.25, 0.3) is 0 Å². The average Bonchev–Trinajstić information content (AvgIpc) is 2.98. The number of carbonyl (C=O) groups excluding carboxylic acids is 1. The van der Waals surface area contributed by atoms with Gasteiger partial charge in [-0.3, -0.25) is 4.79 Å². The van der Waals surface area contributed by atoms with Gasteiger partial charge in [0.05, 0.1) is 0 Å². The summed E-state index contributed by atoms with van der Waals surface area (Å²) in [6.45, 7) is 6.25. The predicted molar refractivity (Wildman–Crippen MR) is 103 cm³/mol. The van der Waals surface area contributed by atoms with Crippen molar-refractivity contribution in [2.45, 2.75) is 64.7 Å². The second kappa shape index (κ2) is 6.86. The van der Waals surface area contributed by atoms with Crippen molar-refractivity contribution in [1.29, 1.82) is 0 Å². The Kier molecular flexibility index (Phi) is 4.58. The third-order valence-corrected chi connectivity index (χ3v) is 6.42. The van der Waals surface area contributed by atoms with Crippen molar-refractivity contribution in [2.24, 2.45) is 5.92 Å². The molecule has 1 aliphatic carbocycles. The molecule has 4 rings (SSSR count). The summed E-state index contributed by atoms with van der Waals surface area (Å²) in [5, 5.41) is 1.36. The number of hydrogen-bond acceptors (Lipinski definition) is 1. The fourth-order valence-electron chi connectivity index (χ4n) is 4.87. The highest BCUT2D eigenvalue weighted by molar-refractivity contribution is 5.85. The molecule has 1 saturated heterocycles. The second-order valence-electron chi connectivity index (χ2n) is 8.15. The van der Waals surface area contributed by atoms with Crippen LogP contribution in [-0.2, 0) is 4.79 Å². The molecule has 3 heteroatoms. The maximum absolute atomic E-state index is 12.8. The van der Waals surface area contributed by atoms with Gasteiger partial charge in [0, 0.05) is 41.5 Å². The van der Waals surface area contributed by atoms with E-state index in [0.717, 1.165) is 38.8 Å². The summed E-state index contributed by atoms with van der Waals surface area (Å²) >= 11 is 0. The zero-order chi connectivity index (χ0) is 17.4. The van der Waals surface area contributed by atoms with Gasteiger partial charge in [-0.25, -0.2) is 0 Å². The Labute approximate surface area is 150 Å². The average molecular weight is 338 g/mol. The first-order valence-corrected chi connectivity index (χ1v) is 10.0. The number of fused-ring (bicyclic) bond motifs is 1. The molecule has 1 aliphatic heterocycles. The van der Waals surface area contributed by atoms with Gasteiger partial charge in [-0.05, 0) is 57.2 Å². The van der Waals surface area contributed by atoms with Gasteiger partial charge >= 0.3 is 0 Å². The molecule has 0 unspecified atom stereocenters. The number of rotatable bonds is 2. The van der Waals surface area contributed by atoms with Gasteiger partial charge in [-0.15, -0.1) is 0 Å². The quantitative estimate of drug-likeness (QED) is 0.815. The van der Waals surface area contributed by atoms with Crippen molar-refractivity contribution < 1.29 is 4.79 Å². The smallest absolute Gasteiger partial charge is 0.225 e. The molecule has 2 aromatic rings. The SMILES string of the molecule is Cc1ccc2[nH]c(C3CCN(C(=O)C4CCCCC4)CC3)c(C)c2c1. The molecule has 2 fully saturated rings. The van der Waals surface area contributed by atoms with Crippen LogP contribution < -0.4 is 0 Å². The van der Waals surface area contributed by atoms with E-state index < -0.39 is 0 Å². The number of aryl methyl sites for hydroxylation is 2. The monoisotopic (exact) mass is 338 g/mol. The van der Waals surface area contributed by atoms with E-state index in [0.29, 0.717) is 17.7 Å². The molecule has 1 saturated carbocycles. The molecule has 2 aliphatic rings. The molecule has 0 spiro atoms. The maximum atomic E-state index is 12.8. The van der Waals surface area contributed by atoms with Crippen LogP contribution >= 0.6 is 0 Å². The van der Waals surface area contributed by atoms with E-state index in [-0.39, 0.29) is 0 Å². The molecule has 25 heavy (non-hydrogen) atoms. The molecule has 134 valence electrons. The van der Waals surface area contributed by atoms with Gasteiger partial charge in [-0.2, -0.15) is 0 Å². The third-order valence-electron chi connectivity index (χ3n) is 6.42. The van der Waals surface area contributed by atoms with E-state index in [1.165, 1.54) is 47.0 Å². The Morgan fingerprint density at radius 1 is 1.04 bits per heavy atom. The maximum Gasteiger partial charge on any atom is 0.225 e. The van der Waals surface area contributed by atoms with Crippen LogP contribution in [0.25, 0.3) is 10.9 Å². The molecular weight excluding hydrogens is 308 g/mol. The van der Waals surface area contributed by atoms with Crippen LogP contribution in [0.5, 0.6) is 0 Å². The van der Waals surface area contributed by atoms with Crippen molar-refractivity contribution in [2.75, 3.05) is 13.1 Å². The summed E-state index contributed by atoms with van der Waals surface area (Å²) < 4.78 is 0. The van der Waals surface area contributed by atoms with Crippen LogP contribution in [0.3, 0.4) is 0 Å². The molecule has 0 atom stereocenters. The Morgan fingerprint density at radius 3 is 2.48 bits per heavy atom. The number of piperidine rings is 1. The molecule has 1 N–H and O–H groups in total. The van der Waals surface area contributed by atoms with Gasteiger partial charge < -0.3 is 9.88 Å². The fraction of sp³-hybridized carbons (Fsp3) is 0.591. The number of aromatic nitrogens is 1. The predicted octanol–water partition coefficient (Wildman–Crippen LogP) is 5.07. The van der Waals surface area contributed by atoms with E-state index in [1.54, 1.807) is 0 Å². The largest absolute Gasteiger partial charge is 0.358 e. The minimum atomic E-state index is 0.308. The number of benzene rings is 1. The van der Waals surface area contributed by atoms with Crippen molar-refractivity contribution in [3.63, 3.8) is 0 Å². The van der Waals surface area contributed by atoms with Gasteiger partial charge in [0.15, 0.2) is 0 Å². The fourth-order valence-corrected chi connectivity index (χ4v) is 4.87. The lowest BCUT2D eigenvalue weighted by atomic mass is 9.86. The Bertz CT molecular complexity index is 762. The number of hydrogen-bond donors (Lipinski definition) is 1. The van der Waals surface area contributed by atoms with Crippen molar-refractivity contribution in [3.05, 3.63) is 35.0 Å². The highest BCUT2D eigenvalue weighted by atomic mass is 16.2. The van der Waals surface area contributed by atoms with E-state index in [4.69, 9.17) is 0 Å². The van der Waals surface area contributed by atoms with Crippen LogP contribution in [-0.4, -0.2) is 28.9 Å². The van der Waals surface area contributed by atoms with Crippen LogP contribution in [0.2, 0.25) is 0 Å². The number of likely N-dealkylation sites (tertiary alicyclic amines) is 1. The number of nitrogens with one attached hydrogen (secondary N) is 1. The van der Waals surface area contributed by atoms with Gasteiger partial charge in [0.2, 0.25) is 5.91 Å². The number of H-pyrrole nitrogens is 1. The highest BCUT2D eigenvalue weighted by Gasteiger charge is 2.30. The van der Waals surface area contributed by atoms with E-state index in [1.807, 2.05) is 0 Å². The summed E-state index contributed by atoms with van der Waals surface area (Å²) in [6.07, 6.45) is 8.18. The van der Waals surface area contributed by atoms with Crippen LogP contribution in [0.4, 0.5) is 0 Å². The zero-order valence-corrected chi connectivity index (χ0v) is 15.6. The summed E-state index contributed by atoms with van der Waals surface area (Å²) in [5.74, 6) is 1.30. The van der Waals surface area contributed by atoms with Crippen LogP contribution in [0, 0.1) is 19.8 Å². The van der Waals surface area contributed by atoms with Crippen molar-refractivity contribution in [3.8, 4) is 0 Å². The first kappa shape index (κ1) is 16.7. The second-order valence-corrected chi connectivity index (χ2v) is 8.15. The first-order valence-electron chi connectivity index (χ1n) is 10.0. The number of nitrogens with zero attached hydrogens (tertiary/aromatic N) is 1. The Morgan fingerprint density at radius 2 is 1.76 bits per heavy atom. The minimum Gasteiger partial charge on any atom is -0.358 e. The molecular formula is C22H30N2O. The normalized spacial score (nSPS) is 20.3. The summed E-state index contributed by atoms with van der Waals surface area (Å²) in [7, 11) is 0. The molecule has 1 aromatic heterocycles. The van der Waals surface area contributed by atoms with Gasteiger partial charge in [0.1, 0.15) is 0 Å². The summed E-state index contributed by atoms with van der Waals surface area (Å²) in [6, 6.07) is 6.66. The Balaban J connectivity index is 1.45. The standard InChI is InChI=1S/C22H30N2O/c1-15-8-9-20-19(14-15)16(2)21(23-20)17-10-12-24(13-11-17)22(25)18-6-4-3-5-7-18/h8-9,14,17-18,23H,3-7,10-13H2,1-2H3. The van der Waals surface area contributed by atoms with Crippen molar-refractivity contribution in [1.82, 2.24) is 9.88 Å². The van der Waals surface area contributed by atoms with E-state index >= 15 is 0 Å². The number of aromatic amines is 1. The molecule has 0 bridgehead atoms. The first-order chi connectivity index (χ1) is 12.1. The molecule has 1 amide bonds. The number of amides is 1. The Hall–Kier alpha value is -1.77. The van der Waals surface area contributed by atoms with E-state index in [2.05, 4.69) is 41.9 Å². The molecule has 0 radical (unpaired) electrons. The van der Waals surface area contributed by atoms with Gasteiger partial charge in [-0.1, -0.05) is 30.9 Å². The number of carbonyl (C=O) groups is 1. The lowest BCUT2D eigenvalue weighted by Gasteiger charge is -2.35. The highest BCUT2D eigenvalue weighted by Crippen LogP contribution is 2.35.